The molecule has 0 N–H and O–H groups in total. The fraction of sp³-hybridized carbons (Fsp3) is 0.471. The lowest BCUT2D eigenvalue weighted by molar-refractivity contribution is 0.258. The molecule has 1 aliphatic heterocycles. The summed E-state index contributed by atoms with van der Waals surface area (Å²) in [7, 11) is -2.05. The van der Waals surface area contributed by atoms with Gasteiger partial charge in [-0.15, -0.1) is 0 Å². The van der Waals surface area contributed by atoms with Gasteiger partial charge in [0.2, 0.25) is 10.0 Å². The lowest BCUT2D eigenvalue weighted by atomic mass is 10.1. The Bertz CT molecular complexity index is 783. The van der Waals surface area contributed by atoms with Crippen LogP contribution in [0.1, 0.15) is 43.2 Å². The quantitative estimate of drug-likeness (QED) is 0.846. The van der Waals surface area contributed by atoms with Crippen LogP contribution in [0.3, 0.4) is 0 Å². The van der Waals surface area contributed by atoms with Gasteiger partial charge in [0.05, 0.1) is 23.7 Å². The van der Waals surface area contributed by atoms with Gasteiger partial charge < -0.3 is 9.26 Å². The SMILES string of the molecule is COc1ccc(S(=O)(=O)N2CCCCC[C@H]2c2cc(C)no2)cc1. The second-order valence-corrected chi connectivity index (χ2v) is 7.92. The normalized spacial score (nSPS) is 19.8. The van der Waals surface area contributed by atoms with E-state index < -0.39 is 10.0 Å². The number of ether oxygens (including phenoxy) is 1. The Morgan fingerprint density at radius 2 is 1.96 bits per heavy atom. The summed E-state index contributed by atoms with van der Waals surface area (Å²) in [4.78, 5) is 0.270. The molecule has 1 aromatic heterocycles. The zero-order valence-corrected chi connectivity index (χ0v) is 14.8. The number of aromatic nitrogens is 1. The summed E-state index contributed by atoms with van der Waals surface area (Å²) < 4.78 is 38.4. The van der Waals surface area contributed by atoms with E-state index in [0.29, 0.717) is 18.1 Å². The molecule has 1 aliphatic rings. The third kappa shape index (κ3) is 3.32. The lowest BCUT2D eigenvalue weighted by Crippen LogP contribution is -2.34. The predicted molar refractivity (Wildman–Crippen MR) is 89.3 cm³/mol. The summed E-state index contributed by atoms with van der Waals surface area (Å²) in [6, 6.07) is 8.02. The minimum absolute atomic E-state index is 0.270. The molecule has 24 heavy (non-hydrogen) atoms. The van der Waals surface area contributed by atoms with Crippen molar-refractivity contribution in [2.75, 3.05) is 13.7 Å². The molecule has 1 saturated heterocycles. The molecule has 0 unspecified atom stereocenters. The van der Waals surface area contributed by atoms with Crippen molar-refractivity contribution in [2.24, 2.45) is 0 Å². The monoisotopic (exact) mass is 350 g/mol. The van der Waals surface area contributed by atoms with Crippen molar-refractivity contribution in [2.45, 2.75) is 43.5 Å². The number of rotatable bonds is 4. The molecular weight excluding hydrogens is 328 g/mol. The second kappa shape index (κ2) is 6.94. The minimum Gasteiger partial charge on any atom is -0.497 e. The summed E-state index contributed by atoms with van der Waals surface area (Å²) in [5.41, 5.74) is 0.760. The Hall–Kier alpha value is -1.86. The van der Waals surface area contributed by atoms with E-state index in [1.165, 1.54) is 0 Å². The third-order valence-corrected chi connectivity index (χ3v) is 6.27. The summed E-state index contributed by atoms with van der Waals surface area (Å²) in [6.07, 6.45) is 3.57. The molecule has 3 rings (SSSR count). The van der Waals surface area contributed by atoms with Gasteiger partial charge in [0.1, 0.15) is 5.75 Å². The number of hydrogen-bond donors (Lipinski definition) is 0. The van der Waals surface area contributed by atoms with Crippen LogP contribution in [0.25, 0.3) is 0 Å². The van der Waals surface area contributed by atoms with Crippen molar-refractivity contribution in [3.8, 4) is 5.75 Å². The van der Waals surface area contributed by atoms with Crippen molar-refractivity contribution >= 4 is 10.0 Å². The molecule has 6 nitrogen and oxygen atoms in total. The van der Waals surface area contributed by atoms with Crippen LogP contribution in [0.5, 0.6) is 5.75 Å². The fourth-order valence-electron chi connectivity index (χ4n) is 3.08. The predicted octanol–water partition coefficient (Wildman–Crippen LogP) is 3.30. The van der Waals surface area contributed by atoms with E-state index in [0.717, 1.165) is 31.4 Å². The number of benzene rings is 1. The van der Waals surface area contributed by atoms with Crippen LogP contribution in [-0.2, 0) is 10.0 Å². The highest BCUT2D eigenvalue weighted by Gasteiger charge is 2.35. The van der Waals surface area contributed by atoms with E-state index in [-0.39, 0.29) is 10.9 Å². The molecule has 130 valence electrons. The minimum atomic E-state index is -3.61. The molecule has 0 spiro atoms. The molecule has 0 saturated carbocycles. The van der Waals surface area contributed by atoms with E-state index in [9.17, 15) is 8.42 Å². The van der Waals surface area contributed by atoms with E-state index in [1.807, 2.05) is 13.0 Å². The molecule has 0 amide bonds. The summed E-state index contributed by atoms with van der Waals surface area (Å²) in [6.45, 7) is 2.32. The topological polar surface area (TPSA) is 72.6 Å². The maximum atomic E-state index is 13.2. The first kappa shape index (κ1) is 17.0. The van der Waals surface area contributed by atoms with Gasteiger partial charge in [-0.25, -0.2) is 8.42 Å². The van der Waals surface area contributed by atoms with E-state index in [1.54, 1.807) is 35.7 Å². The standard InChI is InChI=1S/C17H22N2O4S/c1-13-12-17(23-18-13)16-6-4-3-5-11-19(16)24(20,21)15-9-7-14(22-2)8-10-15/h7-10,12,16H,3-6,11H2,1-2H3/t16-/m0/s1. The van der Waals surface area contributed by atoms with Gasteiger partial charge in [-0.1, -0.05) is 18.0 Å². The van der Waals surface area contributed by atoms with E-state index >= 15 is 0 Å². The zero-order chi connectivity index (χ0) is 17.2. The van der Waals surface area contributed by atoms with E-state index in [4.69, 9.17) is 9.26 Å². The van der Waals surface area contributed by atoms with Gasteiger partial charge in [0.15, 0.2) is 5.76 Å². The highest BCUT2D eigenvalue weighted by Crippen LogP contribution is 2.35. The number of methoxy groups -OCH3 is 1. The molecule has 1 aromatic carbocycles. The van der Waals surface area contributed by atoms with Crippen LogP contribution in [-0.4, -0.2) is 31.5 Å². The van der Waals surface area contributed by atoms with Crippen molar-refractivity contribution in [3.63, 3.8) is 0 Å². The highest BCUT2D eigenvalue weighted by atomic mass is 32.2. The Morgan fingerprint density at radius 1 is 1.21 bits per heavy atom. The van der Waals surface area contributed by atoms with Gasteiger partial charge >= 0.3 is 0 Å². The molecule has 0 aliphatic carbocycles. The molecule has 7 heteroatoms. The van der Waals surface area contributed by atoms with Crippen molar-refractivity contribution in [1.29, 1.82) is 0 Å². The number of sulfonamides is 1. The first-order chi connectivity index (χ1) is 11.5. The average Bonchev–Trinajstić information content (AvgIpc) is 2.86. The van der Waals surface area contributed by atoms with Gasteiger partial charge in [-0.2, -0.15) is 4.31 Å². The smallest absolute Gasteiger partial charge is 0.243 e. The van der Waals surface area contributed by atoms with Crippen LogP contribution < -0.4 is 4.74 Å². The second-order valence-electron chi connectivity index (χ2n) is 6.03. The van der Waals surface area contributed by atoms with Gasteiger partial charge in [0, 0.05) is 12.6 Å². The van der Waals surface area contributed by atoms with Crippen molar-refractivity contribution in [1.82, 2.24) is 9.46 Å². The maximum absolute atomic E-state index is 13.2. The molecular formula is C17H22N2O4S. The summed E-state index contributed by atoms with van der Waals surface area (Å²) >= 11 is 0. The lowest BCUT2D eigenvalue weighted by Gasteiger charge is -2.27. The number of hydrogen-bond acceptors (Lipinski definition) is 5. The van der Waals surface area contributed by atoms with Gasteiger partial charge in [-0.3, -0.25) is 0 Å². The first-order valence-electron chi connectivity index (χ1n) is 8.11. The molecule has 1 fully saturated rings. The fourth-order valence-corrected chi connectivity index (χ4v) is 4.74. The van der Waals surface area contributed by atoms with E-state index in [2.05, 4.69) is 5.16 Å². The average molecular weight is 350 g/mol. The Labute approximate surface area is 142 Å². The van der Waals surface area contributed by atoms with Crippen molar-refractivity contribution in [3.05, 3.63) is 41.8 Å². The molecule has 2 aromatic rings. The zero-order valence-electron chi connectivity index (χ0n) is 13.9. The van der Waals surface area contributed by atoms with Crippen LogP contribution in [0.4, 0.5) is 0 Å². The Kier molecular flexibility index (Phi) is 4.91. The van der Waals surface area contributed by atoms with Crippen molar-refractivity contribution < 1.29 is 17.7 Å². The highest BCUT2D eigenvalue weighted by molar-refractivity contribution is 7.89. The van der Waals surface area contributed by atoms with Crippen LogP contribution in [0.2, 0.25) is 0 Å². The van der Waals surface area contributed by atoms with Crippen LogP contribution in [0, 0.1) is 6.92 Å². The summed E-state index contributed by atoms with van der Waals surface area (Å²) in [5.74, 6) is 1.25. The largest absolute Gasteiger partial charge is 0.497 e. The molecule has 0 radical (unpaired) electrons. The first-order valence-corrected chi connectivity index (χ1v) is 9.55. The molecule has 0 bridgehead atoms. The Balaban J connectivity index is 1.97. The van der Waals surface area contributed by atoms with Gasteiger partial charge in [-0.05, 0) is 44.0 Å². The van der Waals surface area contributed by atoms with Gasteiger partial charge in [0.25, 0.3) is 0 Å². The summed E-state index contributed by atoms with van der Waals surface area (Å²) in [5, 5.41) is 3.92. The molecule has 1 atom stereocenters. The molecule has 2 heterocycles. The number of nitrogens with zero attached hydrogens (tertiary/aromatic N) is 2. The van der Waals surface area contributed by atoms with Crippen LogP contribution in [0.15, 0.2) is 39.8 Å². The number of aryl methyl sites for hydroxylation is 1. The third-order valence-electron chi connectivity index (χ3n) is 4.34. The maximum Gasteiger partial charge on any atom is 0.243 e. The van der Waals surface area contributed by atoms with Crippen LogP contribution >= 0.6 is 0 Å². The Morgan fingerprint density at radius 3 is 2.58 bits per heavy atom.